The van der Waals surface area contributed by atoms with Crippen LogP contribution >= 0.6 is 0 Å². The van der Waals surface area contributed by atoms with Crippen LogP contribution in [0.5, 0.6) is 0 Å². The monoisotopic (exact) mass is 285 g/mol. The number of carbonyl (C=O) groups is 1. The molecule has 0 fully saturated rings. The van der Waals surface area contributed by atoms with E-state index in [4.69, 9.17) is 10.8 Å². The van der Waals surface area contributed by atoms with Gasteiger partial charge in [0.15, 0.2) is 5.69 Å². The summed E-state index contributed by atoms with van der Waals surface area (Å²) in [6.07, 6.45) is -3.39. The van der Waals surface area contributed by atoms with E-state index in [2.05, 4.69) is 5.10 Å². The van der Waals surface area contributed by atoms with E-state index in [9.17, 15) is 18.0 Å². The molecule has 3 N–H and O–H groups in total. The second-order valence-corrected chi connectivity index (χ2v) is 4.08. The number of nitrogen functional groups attached to an aromatic ring is 1. The number of benzene rings is 1. The average Bonchev–Trinajstić information content (AvgIpc) is 2.76. The van der Waals surface area contributed by atoms with E-state index in [1.807, 2.05) is 0 Å². The Labute approximate surface area is 111 Å². The normalized spacial score (nSPS) is 11.6. The Morgan fingerprint density at radius 1 is 1.35 bits per heavy atom. The summed E-state index contributed by atoms with van der Waals surface area (Å²) in [5, 5.41) is 12.4. The van der Waals surface area contributed by atoms with E-state index >= 15 is 0 Å². The zero-order valence-electron chi connectivity index (χ0n) is 10.1. The van der Waals surface area contributed by atoms with E-state index in [0.717, 1.165) is 16.9 Å². The van der Waals surface area contributed by atoms with Gasteiger partial charge in [-0.05, 0) is 17.7 Å². The largest absolute Gasteiger partial charge is 0.478 e. The van der Waals surface area contributed by atoms with Gasteiger partial charge in [0.25, 0.3) is 0 Å². The summed E-state index contributed by atoms with van der Waals surface area (Å²) in [7, 11) is 0. The molecule has 2 rings (SSSR count). The van der Waals surface area contributed by atoms with Gasteiger partial charge in [-0.15, -0.1) is 0 Å². The van der Waals surface area contributed by atoms with Crippen LogP contribution in [0.15, 0.2) is 30.5 Å². The van der Waals surface area contributed by atoms with Crippen molar-refractivity contribution in [2.45, 2.75) is 12.7 Å². The van der Waals surface area contributed by atoms with Crippen molar-refractivity contribution < 1.29 is 23.1 Å². The second kappa shape index (κ2) is 4.87. The lowest BCUT2D eigenvalue weighted by Gasteiger charge is -2.09. The molecule has 0 saturated heterocycles. The summed E-state index contributed by atoms with van der Waals surface area (Å²) in [5.41, 5.74) is 4.74. The Balaban J connectivity index is 2.34. The van der Waals surface area contributed by atoms with Crippen LogP contribution in [0.4, 0.5) is 18.9 Å². The molecule has 0 amide bonds. The molecule has 0 aliphatic carbocycles. The highest BCUT2D eigenvalue weighted by molar-refractivity contribution is 5.95. The van der Waals surface area contributed by atoms with Crippen molar-refractivity contribution in [3.05, 3.63) is 47.3 Å². The van der Waals surface area contributed by atoms with Crippen LogP contribution in [-0.4, -0.2) is 20.9 Å². The summed E-state index contributed by atoms with van der Waals surface area (Å²) < 4.78 is 38.3. The molecular weight excluding hydrogens is 275 g/mol. The molecule has 1 aromatic carbocycles. The van der Waals surface area contributed by atoms with Crippen molar-refractivity contribution >= 4 is 11.7 Å². The Bertz CT molecular complexity index is 650. The highest BCUT2D eigenvalue weighted by Crippen LogP contribution is 2.27. The van der Waals surface area contributed by atoms with Crippen LogP contribution in [0.25, 0.3) is 0 Å². The van der Waals surface area contributed by atoms with Gasteiger partial charge < -0.3 is 10.8 Å². The lowest BCUT2D eigenvalue weighted by atomic mass is 10.1. The van der Waals surface area contributed by atoms with E-state index in [0.29, 0.717) is 0 Å². The van der Waals surface area contributed by atoms with Gasteiger partial charge in [0.1, 0.15) is 0 Å². The number of carboxylic acid groups (broad SMARTS) is 1. The van der Waals surface area contributed by atoms with E-state index in [1.165, 1.54) is 18.2 Å². The minimum absolute atomic E-state index is 0.0539. The first kappa shape index (κ1) is 13.9. The van der Waals surface area contributed by atoms with Gasteiger partial charge in [0.05, 0.1) is 12.1 Å². The average molecular weight is 285 g/mol. The lowest BCUT2D eigenvalue weighted by molar-refractivity contribution is -0.141. The van der Waals surface area contributed by atoms with Crippen molar-refractivity contribution in [1.82, 2.24) is 9.78 Å². The minimum Gasteiger partial charge on any atom is -0.478 e. The quantitative estimate of drug-likeness (QED) is 0.847. The van der Waals surface area contributed by atoms with Crippen molar-refractivity contribution in [3.63, 3.8) is 0 Å². The van der Waals surface area contributed by atoms with E-state index in [-0.39, 0.29) is 23.4 Å². The predicted octanol–water partition coefficient (Wildman–Crippen LogP) is 2.23. The molecule has 0 atom stereocenters. The third kappa shape index (κ3) is 2.73. The van der Waals surface area contributed by atoms with Gasteiger partial charge >= 0.3 is 12.1 Å². The molecule has 0 radical (unpaired) electrons. The number of hydrogen-bond donors (Lipinski definition) is 2. The standard InChI is InChI=1S/C12H10F3N3O2/c13-12(14,15)9-4-5-18(17-9)6-7-2-1-3-8(16)10(7)11(19)20/h1-5H,6,16H2,(H,19,20). The first-order chi connectivity index (χ1) is 9.29. The highest BCUT2D eigenvalue weighted by atomic mass is 19.4. The Morgan fingerprint density at radius 3 is 2.60 bits per heavy atom. The third-order valence-electron chi connectivity index (χ3n) is 2.66. The molecule has 0 aliphatic rings. The maximum atomic E-state index is 12.4. The number of hydrogen-bond acceptors (Lipinski definition) is 3. The summed E-state index contributed by atoms with van der Waals surface area (Å²) in [5.74, 6) is -1.23. The lowest BCUT2D eigenvalue weighted by Crippen LogP contribution is -2.12. The van der Waals surface area contributed by atoms with Crippen molar-refractivity contribution in [1.29, 1.82) is 0 Å². The highest BCUT2D eigenvalue weighted by Gasteiger charge is 2.33. The zero-order valence-corrected chi connectivity index (χ0v) is 10.1. The smallest absolute Gasteiger partial charge is 0.435 e. The van der Waals surface area contributed by atoms with Crippen LogP contribution in [-0.2, 0) is 12.7 Å². The minimum atomic E-state index is -4.53. The van der Waals surface area contributed by atoms with Gasteiger partial charge in [-0.25, -0.2) is 4.79 Å². The molecule has 0 saturated carbocycles. The molecule has 20 heavy (non-hydrogen) atoms. The number of aromatic carboxylic acids is 1. The number of rotatable bonds is 3. The van der Waals surface area contributed by atoms with Crippen molar-refractivity contribution in [3.8, 4) is 0 Å². The van der Waals surface area contributed by atoms with Gasteiger partial charge in [-0.1, -0.05) is 12.1 Å². The Morgan fingerprint density at radius 2 is 2.05 bits per heavy atom. The fourth-order valence-corrected chi connectivity index (χ4v) is 1.79. The second-order valence-electron chi connectivity index (χ2n) is 4.08. The number of aromatic nitrogens is 2. The Kier molecular flexibility index (Phi) is 3.39. The fourth-order valence-electron chi connectivity index (χ4n) is 1.79. The van der Waals surface area contributed by atoms with Crippen molar-refractivity contribution in [2.75, 3.05) is 5.73 Å². The first-order valence-electron chi connectivity index (χ1n) is 5.50. The van der Waals surface area contributed by atoms with E-state index < -0.39 is 17.8 Å². The molecule has 0 unspecified atom stereocenters. The van der Waals surface area contributed by atoms with Crippen LogP contribution in [0.1, 0.15) is 21.6 Å². The van der Waals surface area contributed by atoms with Gasteiger partial charge in [0.2, 0.25) is 0 Å². The predicted molar refractivity (Wildman–Crippen MR) is 64.1 cm³/mol. The molecule has 5 nitrogen and oxygen atoms in total. The van der Waals surface area contributed by atoms with E-state index in [1.54, 1.807) is 0 Å². The van der Waals surface area contributed by atoms with Gasteiger partial charge in [-0.2, -0.15) is 18.3 Å². The van der Waals surface area contributed by atoms with Crippen LogP contribution in [0.2, 0.25) is 0 Å². The molecule has 0 aliphatic heterocycles. The number of halogens is 3. The molecule has 0 spiro atoms. The number of alkyl halides is 3. The molecule has 106 valence electrons. The first-order valence-corrected chi connectivity index (χ1v) is 5.50. The Hall–Kier alpha value is -2.51. The number of nitrogens with zero attached hydrogens (tertiary/aromatic N) is 2. The number of carboxylic acids is 1. The molecule has 8 heteroatoms. The summed E-state index contributed by atoms with van der Waals surface area (Å²) in [6.45, 7) is -0.108. The maximum absolute atomic E-state index is 12.4. The topological polar surface area (TPSA) is 81.1 Å². The van der Waals surface area contributed by atoms with Crippen LogP contribution in [0, 0.1) is 0 Å². The maximum Gasteiger partial charge on any atom is 0.435 e. The summed E-state index contributed by atoms with van der Waals surface area (Å²) in [4.78, 5) is 11.1. The van der Waals surface area contributed by atoms with Crippen LogP contribution < -0.4 is 5.73 Å². The van der Waals surface area contributed by atoms with Crippen LogP contribution in [0.3, 0.4) is 0 Å². The summed E-state index contributed by atoms with van der Waals surface area (Å²) >= 11 is 0. The van der Waals surface area contributed by atoms with Gasteiger partial charge in [0, 0.05) is 11.9 Å². The SMILES string of the molecule is Nc1cccc(Cn2ccc(C(F)(F)F)n2)c1C(=O)O. The van der Waals surface area contributed by atoms with Crippen molar-refractivity contribution in [2.24, 2.45) is 0 Å². The molecular formula is C12H10F3N3O2. The third-order valence-corrected chi connectivity index (χ3v) is 2.66. The molecule has 0 bridgehead atoms. The fraction of sp³-hybridized carbons (Fsp3) is 0.167. The number of anilines is 1. The molecule has 1 aromatic heterocycles. The summed E-state index contributed by atoms with van der Waals surface area (Å²) in [6, 6.07) is 5.25. The van der Waals surface area contributed by atoms with Gasteiger partial charge in [-0.3, -0.25) is 4.68 Å². The zero-order chi connectivity index (χ0) is 14.9. The number of nitrogens with two attached hydrogens (primary N) is 1. The molecule has 1 heterocycles. The molecule has 2 aromatic rings.